The van der Waals surface area contributed by atoms with Crippen LogP contribution in [0.4, 0.5) is 26.3 Å². The molecule has 0 aliphatic carbocycles. The summed E-state index contributed by atoms with van der Waals surface area (Å²) in [4.78, 5) is 12.4. The van der Waals surface area contributed by atoms with E-state index in [-0.39, 0.29) is 28.6 Å². The maximum Gasteiger partial charge on any atom is 0.417 e. The summed E-state index contributed by atoms with van der Waals surface area (Å²) in [6.45, 7) is 1.27. The lowest BCUT2D eigenvalue weighted by Crippen LogP contribution is -2.22. The maximum absolute atomic E-state index is 13.2. The highest BCUT2D eigenvalue weighted by Crippen LogP contribution is 2.32. The number of benzene rings is 1. The minimum Gasteiger partial charge on any atom is -0.396 e. The first-order valence-electron chi connectivity index (χ1n) is 8.33. The molecule has 162 valence electrons. The number of nitrogens with two attached hydrogens (primary N) is 1. The lowest BCUT2D eigenvalue weighted by Gasteiger charge is -2.13. The topological polar surface area (TPSA) is 72.9 Å². The van der Waals surface area contributed by atoms with Crippen molar-refractivity contribution in [3.63, 3.8) is 0 Å². The lowest BCUT2D eigenvalue weighted by molar-refractivity contribution is -0.138. The third-order valence-corrected chi connectivity index (χ3v) is 3.94. The molecule has 1 heterocycles. The zero-order valence-electron chi connectivity index (χ0n) is 15.4. The molecule has 0 amide bonds. The summed E-state index contributed by atoms with van der Waals surface area (Å²) in [6, 6.07) is 5.20. The van der Waals surface area contributed by atoms with Crippen LogP contribution in [0.15, 0.2) is 46.7 Å². The zero-order valence-corrected chi connectivity index (χ0v) is 16.1. The summed E-state index contributed by atoms with van der Waals surface area (Å²) < 4.78 is 77.8. The minimum absolute atomic E-state index is 0.108. The van der Waals surface area contributed by atoms with E-state index in [1.807, 2.05) is 0 Å². The minimum atomic E-state index is -4.66. The van der Waals surface area contributed by atoms with Gasteiger partial charge in [-0.15, -0.1) is 0 Å². The van der Waals surface area contributed by atoms with Gasteiger partial charge in [0.05, 0.1) is 22.7 Å². The Bertz CT molecular complexity index is 956. The molecule has 0 fully saturated rings. The Labute approximate surface area is 172 Å². The highest BCUT2D eigenvalue weighted by atomic mass is 35.5. The number of rotatable bonds is 6. The molecular weight excluding hydrogens is 438 g/mol. The Morgan fingerprint density at radius 1 is 1.13 bits per heavy atom. The van der Waals surface area contributed by atoms with Gasteiger partial charge in [-0.2, -0.15) is 26.3 Å². The third-order valence-electron chi connectivity index (χ3n) is 3.65. The number of hydrogen-bond donors (Lipinski definition) is 1. The van der Waals surface area contributed by atoms with E-state index in [0.29, 0.717) is 12.3 Å². The summed E-state index contributed by atoms with van der Waals surface area (Å²) >= 11 is 5.90. The monoisotopic (exact) mass is 452 g/mol. The quantitative estimate of drug-likeness (QED) is 0.293. The van der Waals surface area contributed by atoms with Crippen LogP contribution in [0.2, 0.25) is 5.02 Å². The Kier molecular flexibility index (Phi) is 7.30. The summed E-state index contributed by atoms with van der Waals surface area (Å²) in [5, 5.41) is 3.32. The van der Waals surface area contributed by atoms with Crippen molar-refractivity contribution >= 4 is 23.1 Å². The summed E-state index contributed by atoms with van der Waals surface area (Å²) in [5.41, 5.74) is 3.03. The molecular formula is C18H15ClF6N4O. The van der Waals surface area contributed by atoms with Gasteiger partial charge in [-0.1, -0.05) is 35.0 Å². The SMILES string of the molecule is CCON=C(CN=C(N)c1ccccc1C(F)(F)F)c1ncc(C(F)(F)F)cc1Cl. The van der Waals surface area contributed by atoms with Crippen molar-refractivity contribution in [1.82, 2.24) is 4.98 Å². The number of amidine groups is 1. The van der Waals surface area contributed by atoms with E-state index >= 15 is 0 Å². The molecule has 5 nitrogen and oxygen atoms in total. The smallest absolute Gasteiger partial charge is 0.396 e. The second kappa shape index (κ2) is 9.33. The second-order valence-electron chi connectivity index (χ2n) is 5.75. The normalized spacial score (nSPS) is 13.5. The van der Waals surface area contributed by atoms with Crippen LogP contribution in [0.1, 0.15) is 29.3 Å². The number of aliphatic imine (C=N–C) groups is 1. The Morgan fingerprint density at radius 3 is 2.37 bits per heavy atom. The lowest BCUT2D eigenvalue weighted by atomic mass is 10.1. The molecule has 0 aliphatic heterocycles. The van der Waals surface area contributed by atoms with Gasteiger partial charge in [0.2, 0.25) is 0 Å². The Hall–Kier alpha value is -2.82. The fourth-order valence-electron chi connectivity index (χ4n) is 2.29. The van der Waals surface area contributed by atoms with E-state index in [2.05, 4.69) is 15.1 Å². The second-order valence-corrected chi connectivity index (χ2v) is 6.16. The average molecular weight is 453 g/mol. The molecule has 2 aromatic rings. The largest absolute Gasteiger partial charge is 0.417 e. The molecule has 1 aromatic carbocycles. The van der Waals surface area contributed by atoms with Gasteiger partial charge >= 0.3 is 12.4 Å². The highest BCUT2D eigenvalue weighted by molar-refractivity contribution is 6.34. The number of nitrogens with zero attached hydrogens (tertiary/aromatic N) is 3. The molecule has 30 heavy (non-hydrogen) atoms. The maximum atomic E-state index is 13.2. The van der Waals surface area contributed by atoms with Crippen LogP contribution in [-0.4, -0.2) is 29.7 Å². The van der Waals surface area contributed by atoms with Gasteiger partial charge in [0, 0.05) is 11.8 Å². The summed E-state index contributed by atoms with van der Waals surface area (Å²) in [7, 11) is 0. The van der Waals surface area contributed by atoms with E-state index in [1.165, 1.54) is 12.1 Å². The van der Waals surface area contributed by atoms with Crippen LogP contribution in [-0.2, 0) is 17.2 Å². The summed E-state index contributed by atoms with van der Waals surface area (Å²) in [6.07, 6.45) is -8.76. The van der Waals surface area contributed by atoms with E-state index in [9.17, 15) is 26.3 Å². The first-order chi connectivity index (χ1) is 13.9. The van der Waals surface area contributed by atoms with Crippen molar-refractivity contribution in [3.05, 3.63) is 63.9 Å². The van der Waals surface area contributed by atoms with Crippen LogP contribution >= 0.6 is 11.6 Å². The van der Waals surface area contributed by atoms with Crippen molar-refractivity contribution in [2.45, 2.75) is 19.3 Å². The molecule has 2 N–H and O–H groups in total. The van der Waals surface area contributed by atoms with Gasteiger partial charge in [-0.25, -0.2) is 0 Å². The number of pyridine rings is 1. The van der Waals surface area contributed by atoms with E-state index in [0.717, 1.165) is 12.1 Å². The molecule has 0 bridgehead atoms. The molecule has 2 rings (SSSR count). The van der Waals surface area contributed by atoms with Crippen LogP contribution in [0.5, 0.6) is 0 Å². The number of aromatic nitrogens is 1. The zero-order chi connectivity index (χ0) is 22.5. The van der Waals surface area contributed by atoms with Crippen molar-refractivity contribution in [1.29, 1.82) is 0 Å². The molecule has 0 unspecified atom stereocenters. The van der Waals surface area contributed by atoms with Crippen LogP contribution in [0.3, 0.4) is 0 Å². The number of oxime groups is 1. The molecule has 0 saturated carbocycles. The van der Waals surface area contributed by atoms with Gasteiger partial charge in [0.1, 0.15) is 23.8 Å². The number of halogens is 7. The van der Waals surface area contributed by atoms with E-state index in [4.69, 9.17) is 22.2 Å². The molecule has 0 spiro atoms. The Balaban J connectivity index is 2.40. The molecule has 0 atom stereocenters. The first-order valence-corrected chi connectivity index (χ1v) is 8.71. The van der Waals surface area contributed by atoms with Crippen molar-refractivity contribution < 1.29 is 31.2 Å². The van der Waals surface area contributed by atoms with E-state index < -0.39 is 35.9 Å². The number of hydrogen-bond acceptors (Lipinski definition) is 4. The van der Waals surface area contributed by atoms with Crippen molar-refractivity contribution in [2.24, 2.45) is 15.9 Å². The van der Waals surface area contributed by atoms with Crippen molar-refractivity contribution in [3.8, 4) is 0 Å². The molecule has 12 heteroatoms. The number of alkyl halides is 6. The fraction of sp³-hybridized carbons (Fsp3) is 0.278. The third kappa shape index (κ3) is 5.85. The van der Waals surface area contributed by atoms with Crippen LogP contribution in [0, 0.1) is 0 Å². The van der Waals surface area contributed by atoms with E-state index in [1.54, 1.807) is 6.92 Å². The molecule has 0 saturated heterocycles. The summed E-state index contributed by atoms with van der Waals surface area (Å²) in [5.74, 6) is -0.449. The molecule has 1 aromatic heterocycles. The van der Waals surface area contributed by atoms with Crippen LogP contribution < -0.4 is 5.73 Å². The fourth-order valence-corrected chi connectivity index (χ4v) is 2.57. The molecule has 0 aliphatic rings. The average Bonchev–Trinajstić information content (AvgIpc) is 2.67. The van der Waals surface area contributed by atoms with Gasteiger partial charge in [0.25, 0.3) is 0 Å². The Morgan fingerprint density at radius 2 is 1.80 bits per heavy atom. The van der Waals surface area contributed by atoms with Gasteiger partial charge in [0.15, 0.2) is 0 Å². The standard InChI is InChI=1S/C18H15ClF6N4O/c1-2-30-29-14(15-13(19)7-10(8-27-15)17(20,21)22)9-28-16(26)11-5-3-4-6-12(11)18(23,24)25/h3-8H,2,9H2,1H3,(H2,26,28). The first kappa shape index (κ1) is 23.5. The van der Waals surface area contributed by atoms with Gasteiger partial charge in [-0.05, 0) is 19.1 Å². The van der Waals surface area contributed by atoms with Crippen LogP contribution in [0.25, 0.3) is 0 Å². The molecule has 0 radical (unpaired) electrons. The predicted octanol–water partition coefficient (Wildman–Crippen LogP) is 4.92. The van der Waals surface area contributed by atoms with Gasteiger partial charge < -0.3 is 10.6 Å². The van der Waals surface area contributed by atoms with Crippen molar-refractivity contribution in [2.75, 3.05) is 13.2 Å². The predicted molar refractivity (Wildman–Crippen MR) is 99.4 cm³/mol. The van der Waals surface area contributed by atoms with Gasteiger partial charge in [-0.3, -0.25) is 9.98 Å². The highest BCUT2D eigenvalue weighted by Gasteiger charge is 2.34.